The number of carboxylic acids is 1. The number of hydrogen-bond donors (Lipinski definition) is 8. The van der Waals surface area contributed by atoms with E-state index in [9.17, 15) is 33.9 Å². The molecule has 0 heterocycles. The second kappa shape index (κ2) is 13.9. The van der Waals surface area contributed by atoms with Crippen LogP contribution in [0.1, 0.15) is 39.5 Å². The molecule has 11 N–H and O–H groups in total. The normalized spacial score (nSPS) is 15.4. The third kappa shape index (κ3) is 10.2. The van der Waals surface area contributed by atoms with Gasteiger partial charge in [-0.15, -0.1) is 0 Å². The molecule has 182 valence electrons. The Morgan fingerprint density at radius 1 is 0.875 bits per heavy atom. The molecular weight excluding hydrogens is 428 g/mol. The molecule has 0 saturated heterocycles. The maximum Gasteiger partial charge on any atom is 0.326 e. The predicted octanol–water partition coefficient (Wildman–Crippen LogP) is -3.97. The molecule has 32 heavy (non-hydrogen) atoms. The first-order chi connectivity index (χ1) is 14.8. The Hall–Kier alpha value is -3.26. The Bertz CT molecular complexity index is 716. The first kappa shape index (κ1) is 28.7. The van der Waals surface area contributed by atoms with Gasteiger partial charge in [-0.2, -0.15) is 0 Å². The zero-order valence-corrected chi connectivity index (χ0v) is 18.0. The lowest BCUT2D eigenvalue weighted by Crippen LogP contribution is -2.59. The van der Waals surface area contributed by atoms with Gasteiger partial charge in [-0.3, -0.25) is 24.0 Å². The molecule has 5 unspecified atom stereocenters. The summed E-state index contributed by atoms with van der Waals surface area (Å²) >= 11 is 0. The van der Waals surface area contributed by atoms with E-state index in [2.05, 4.69) is 16.0 Å². The third-order valence-electron chi connectivity index (χ3n) is 4.66. The van der Waals surface area contributed by atoms with Crippen molar-refractivity contribution in [1.82, 2.24) is 16.0 Å². The van der Waals surface area contributed by atoms with E-state index >= 15 is 0 Å². The van der Waals surface area contributed by atoms with Gasteiger partial charge in [0.25, 0.3) is 0 Å². The molecule has 0 fully saturated rings. The molecule has 0 aliphatic rings. The zero-order chi connectivity index (χ0) is 25.0. The highest BCUT2D eigenvalue weighted by molar-refractivity contribution is 5.96. The molecule has 0 radical (unpaired) electrons. The first-order valence-electron chi connectivity index (χ1n) is 9.90. The number of nitrogens with two attached hydrogens (primary N) is 3. The lowest BCUT2D eigenvalue weighted by atomic mass is 9.97. The summed E-state index contributed by atoms with van der Waals surface area (Å²) in [6, 6.07) is -5.50. The number of carbonyl (C=O) groups excluding carboxylic acids is 5. The van der Waals surface area contributed by atoms with E-state index in [1.807, 2.05) is 0 Å². The van der Waals surface area contributed by atoms with Crippen LogP contribution in [0.2, 0.25) is 0 Å². The van der Waals surface area contributed by atoms with E-state index in [0.717, 1.165) is 0 Å². The number of aliphatic carboxylic acids is 1. The van der Waals surface area contributed by atoms with Crippen molar-refractivity contribution in [3.63, 3.8) is 0 Å². The first-order valence-corrected chi connectivity index (χ1v) is 9.90. The van der Waals surface area contributed by atoms with Crippen molar-refractivity contribution in [2.75, 3.05) is 6.61 Å². The number of amides is 5. The second-order valence-corrected chi connectivity index (χ2v) is 7.30. The molecule has 14 nitrogen and oxygen atoms in total. The highest BCUT2D eigenvalue weighted by Gasteiger charge is 2.33. The fourth-order valence-electron chi connectivity index (χ4n) is 2.53. The summed E-state index contributed by atoms with van der Waals surface area (Å²) in [7, 11) is 0. The van der Waals surface area contributed by atoms with Crippen LogP contribution in [0.25, 0.3) is 0 Å². The second-order valence-electron chi connectivity index (χ2n) is 7.30. The van der Waals surface area contributed by atoms with E-state index in [1.165, 1.54) is 0 Å². The summed E-state index contributed by atoms with van der Waals surface area (Å²) in [6.45, 7) is 2.63. The smallest absolute Gasteiger partial charge is 0.326 e. The van der Waals surface area contributed by atoms with Crippen LogP contribution in [-0.2, 0) is 28.8 Å². The van der Waals surface area contributed by atoms with Crippen molar-refractivity contribution in [2.24, 2.45) is 23.1 Å². The fourth-order valence-corrected chi connectivity index (χ4v) is 2.53. The van der Waals surface area contributed by atoms with Crippen molar-refractivity contribution in [3.8, 4) is 0 Å². The Balaban J connectivity index is 5.54. The molecule has 0 aromatic heterocycles. The minimum Gasteiger partial charge on any atom is -0.480 e. The van der Waals surface area contributed by atoms with Gasteiger partial charge in [0.05, 0.1) is 13.0 Å². The average molecular weight is 460 g/mol. The van der Waals surface area contributed by atoms with E-state index in [0.29, 0.717) is 6.42 Å². The number of hydrogen-bond acceptors (Lipinski definition) is 8. The van der Waals surface area contributed by atoms with Crippen molar-refractivity contribution >= 4 is 35.5 Å². The van der Waals surface area contributed by atoms with Gasteiger partial charge in [-0.1, -0.05) is 20.3 Å². The van der Waals surface area contributed by atoms with Crippen LogP contribution in [0, 0.1) is 5.92 Å². The van der Waals surface area contributed by atoms with E-state index < -0.39 is 78.6 Å². The van der Waals surface area contributed by atoms with E-state index in [1.54, 1.807) is 13.8 Å². The largest absolute Gasteiger partial charge is 0.480 e. The highest BCUT2D eigenvalue weighted by atomic mass is 16.4. The fraction of sp³-hybridized carbons (Fsp3) is 0.667. The SMILES string of the molecule is CCC(C)C(NC(=O)C(CC(N)=O)NC(=O)C(N)CO)C(=O)NC(CCC(N)=O)C(=O)O. The van der Waals surface area contributed by atoms with Crippen LogP contribution in [0.15, 0.2) is 0 Å². The number of carbonyl (C=O) groups is 6. The van der Waals surface area contributed by atoms with Gasteiger partial charge in [0.15, 0.2) is 0 Å². The topological polar surface area (TPSA) is 257 Å². The Morgan fingerprint density at radius 2 is 1.44 bits per heavy atom. The lowest BCUT2D eigenvalue weighted by Gasteiger charge is -2.27. The molecule has 5 amide bonds. The van der Waals surface area contributed by atoms with Crippen LogP contribution in [0.3, 0.4) is 0 Å². The van der Waals surface area contributed by atoms with Gasteiger partial charge in [0, 0.05) is 6.42 Å². The number of carboxylic acid groups (broad SMARTS) is 1. The Labute approximate surface area is 184 Å². The van der Waals surface area contributed by atoms with E-state index in [-0.39, 0.29) is 12.8 Å². The number of nitrogens with one attached hydrogen (secondary N) is 3. The molecular formula is C18H32N6O8. The molecule has 14 heteroatoms. The predicted molar refractivity (Wildman–Crippen MR) is 110 cm³/mol. The van der Waals surface area contributed by atoms with Crippen molar-refractivity contribution < 1.29 is 39.0 Å². The summed E-state index contributed by atoms with van der Waals surface area (Å²) in [5, 5.41) is 25.0. The zero-order valence-electron chi connectivity index (χ0n) is 18.0. The maximum atomic E-state index is 12.7. The van der Waals surface area contributed by atoms with Gasteiger partial charge in [0.1, 0.15) is 24.2 Å². The van der Waals surface area contributed by atoms with Crippen LogP contribution >= 0.6 is 0 Å². The highest BCUT2D eigenvalue weighted by Crippen LogP contribution is 2.10. The number of primary amides is 2. The summed E-state index contributed by atoms with van der Waals surface area (Å²) < 4.78 is 0. The standard InChI is InChI=1S/C18H32N6O8/c1-3-8(2)14(17(30)22-10(18(31)32)4-5-12(20)26)24-16(29)11(6-13(21)27)23-15(28)9(19)7-25/h8-11,14,25H,3-7,19H2,1-2H3,(H2,20,26)(H2,21,27)(H,22,30)(H,23,28)(H,24,29)(H,31,32). The van der Waals surface area contributed by atoms with Gasteiger partial charge in [-0.05, 0) is 12.3 Å². The molecule has 0 bridgehead atoms. The summed E-state index contributed by atoms with van der Waals surface area (Å²) in [5.41, 5.74) is 15.5. The molecule has 0 aromatic rings. The van der Waals surface area contributed by atoms with Crippen LogP contribution in [0.5, 0.6) is 0 Å². The number of aliphatic hydroxyl groups is 1. The minimum atomic E-state index is -1.48. The third-order valence-corrected chi connectivity index (χ3v) is 4.66. The van der Waals surface area contributed by atoms with Crippen molar-refractivity contribution in [1.29, 1.82) is 0 Å². The minimum absolute atomic E-state index is 0.253. The quantitative estimate of drug-likeness (QED) is 0.118. The van der Waals surface area contributed by atoms with Crippen LogP contribution in [-0.4, -0.2) is 76.5 Å². The van der Waals surface area contributed by atoms with Crippen LogP contribution < -0.4 is 33.2 Å². The summed E-state index contributed by atoms with van der Waals surface area (Å²) in [4.78, 5) is 71.0. The van der Waals surface area contributed by atoms with E-state index in [4.69, 9.17) is 22.3 Å². The molecule has 0 aromatic carbocycles. The van der Waals surface area contributed by atoms with Gasteiger partial charge in [0.2, 0.25) is 29.5 Å². The lowest BCUT2D eigenvalue weighted by molar-refractivity contribution is -0.143. The summed E-state index contributed by atoms with van der Waals surface area (Å²) in [5.74, 6) is -6.25. The van der Waals surface area contributed by atoms with Crippen molar-refractivity contribution in [3.05, 3.63) is 0 Å². The van der Waals surface area contributed by atoms with Gasteiger partial charge in [-0.25, -0.2) is 4.79 Å². The monoisotopic (exact) mass is 460 g/mol. The average Bonchev–Trinajstić information content (AvgIpc) is 2.71. The van der Waals surface area contributed by atoms with Crippen LogP contribution in [0.4, 0.5) is 0 Å². The molecule has 0 spiro atoms. The maximum absolute atomic E-state index is 12.7. The van der Waals surface area contributed by atoms with Gasteiger partial charge < -0.3 is 43.4 Å². The molecule has 0 aliphatic heterocycles. The molecule has 0 aliphatic carbocycles. The number of rotatable bonds is 15. The Kier molecular flexibility index (Phi) is 12.5. The Morgan fingerprint density at radius 3 is 1.88 bits per heavy atom. The molecule has 0 rings (SSSR count). The molecule has 5 atom stereocenters. The van der Waals surface area contributed by atoms with Gasteiger partial charge >= 0.3 is 5.97 Å². The summed E-state index contributed by atoms with van der Waals surface area (Å²) in [6.07, 6.45) is -0.743. The van der Waals surface area contributed by atoms with Crippen molar-refractivity contribution in [2.45, 2.75) is 63.7 Å². The number of aliphatic hydroxyl groups excluding tert-OH is 1. The molecule has 0 saturated carbocycles.